The van der Waals surface area contributed by atoms with Crippen LogP contribution in [0.2, 0.25) is 0 Å². The normalized spacial score (nSPS) is 11.2. The minimum atomic E-state index is -0.412. The molecule has 2 heterocycles. The minimum absolute atomic E-state index is 0.286. The maximum Gasteiger partial charge on any atom is 0.281 e. The van der Waals surface area contributed by atoms with Crippen LogP contribution in [0.4, 0.5) is 0 Å². The molecule has 0 atom stereocenters. The highest BCUT2D eigenvalue weighted by Gasteiger charge is 2.19. The van der Waals surface area contributed by atoms with E-state index in [1.807, 2.05) is 30.3 Å². The number of nitrogens with zero attached hydrogens (tertiary/aromatic N) is 3. The first-order chi connectivity index (χ1) is 15.6. The van der Waals surface area contributed by atoms with Crippen LogP contribution in [0.15, 0.2) is 89.0 Å². The van der Waals surface area contributed by atoms with Gasteiger partial charge in [0.1, 0.15) is 5.75 Å². The lowest BCUT2D eigenvalue weighted by atomic mass is 10.1. The second kappa shape index (κ2) is 9.13. The Kier molecular flexibility index (Phi) is 5.94. The summed E-state index contributed by atoms with van der Waals surface area (Å²) in [6.07, 6.45) is 3.03. The number of amides is 1. The summed E-state index contributed by atoms with van der Waals surface area (Å²) in [6.45, 7) is 1.68. The van der Waals surface area contributed by atoms with Crippen LogP contribution in [0.25, 0.3) is 16.9 Å². The van der Waals surface area contributed by atoms with Gasteiger partial charge in [0.15, 0.2) is 0 Å². The van der Waals surface area contributed by atoms with Crippen molar-refractivity contribution in [3.8, 4) is 22.7 Å². The van der Waals surface area contributed by atoms with E-state index in [2.05, 4.69) is 20.6 Å². The summed E-state index contributed by atoms with van der Waals surface area (Å²) >= 11 is 0. The van der Waals surface area contributed by atoms with E-state index in [0.717, 1.165) is 5.56 Å². The average molecular weight is 427 g/mol. The molecule has 4 rings (SSSR count). The molecule has 0 fully saturated rings. The van der Waals surface area contributed by atoms with E-state index in [1.54, 1.807) is 56.6 Å². The van der Waals surface area contributed by atoms with Gasteiger partial charge in [-0.25, -0.2) is 10.1 Å². The Labute approximate surface area is 184 Å². The highest BCUT2D eigenvalue weighted by Crippen LogP contribution is 2.22. The van der Waals surface area contributed by atoms with Gasteiger partial charge in [0, 0.05) is 18.0 Å². The Morgan fingerprint density at radius 2 is 1.81 bits per heavy atom. The van der Waals surface area contributed by atoms with Crippen LogP contribution in [-0.4, -0.2) is 33.5 Å². The van der Waals surface area contributed by atoms with E-state index in [1.165, 1.54) is 10.9 Å². The summed E-state index contributed by atoms with van der Waals surface area (Å²) in [6, 6.07) is 19.9. The fourth-order valence-electron chi connectivity index (χ4n) is 3.25. The smallest absolute Gasteiger partial charge is 0.281 e. The minimum Gasteiger partial charge on any atom is -0.497 e. The third-order valence-electron chi connectivity index (χ3n) is 4.89. The lowest BCUT2D eigenvalue weighted by Crippen LogP contribution is -2.23. The van der Waals surface area contributed by atoms with Crippen molar-refractivity contribution in [3.05, 3.63) is 101 Å². The lowest BCUT2D eigenvalue weighted by Gasteiger charge is -2.04. The number of hydrogen-bond donors (Lipinski definition) is 2. The monoisotopic (exact) mass is 427 g/mol. The molecular weight excluding hydrogens is 406 g/mol. The number of carbonyl (C=O) groups excluding carboxylic acids is 1. The molecule has 0 saturated heterocycles. The first-order valence-corrected chi connectivity index (χ1v) is 9.88. The molecule has 0 unspecified atom stereocenters. The quantitative estimate of drug-likeness (QED) is 0.364. The molecule has 1 amide bonds. The molecular formula is C24H21N5O3. The van der Waals surface area contributed by atoms with Gasteiger partial charge in [-0.2, -0.15) is 5.10 Å². The number of rotatable bonds is 6. The fraction of sp³-hybridized carbons (Fsp3) is 0.0833. The third-order valence-corrected chi connectivity index (χ3v) is 4.89. The van der Waals surface area contributed by atoms with Gasteiger partial charge in [-0.15, -0.1) is 0 Å². The van der Waals surface area contributed by atoms with Crippen molar-refractivity contribution >= 4 is 11.6 Å². The Bertz CT molecular complexity index is 1310. The molecule has 0 aliphatic heterocycles. The summed E-state index contributed by atoms with van der Waals surface area (Å²) in [7, 11) is 1.58. The average Bonchev–Trinajstić information content (AvgIpc) is 3.20. The summed E-state index contributed by atoms with van der Waals surface area (Å²) < 4.78 is 6.64. The largest absolute Gasteiger partial charge is 0.497 e. The van der Waals surface area contributed by atoms with Crippen molar-refractivity contribution in [3.63, 3.8) is 0 Å². The Morgan fingerprint density at radius 3 is 2.47 bits per heavy atom. The van der Waals surface area contributed by atoms with Gasteiger partial charge in [0.05, 0.1) is 35.3 Å². The molecule has 0 radical (unpaired) electrons. The number of pyridine rings is 1. The molecule has 0 aliphatic carbocycles. The lowest BCUT2D eigenvalue weighted by molar-refractivity contribution is 0.0954. The number of nitrogens with one attached hydrogen (secondary N) is 2. The highest BCUT2D eigenvalue weighted by atomic mass is 16.5. The fourth-order valence-corrected chi connectivity index (χ4v) is 3.25. The van der Waals surface area contributed by atoms with Crippen LogP contribution in [0.5, 0.6) is 5.75 Å². The van der Waals surface area contributed by atoms with E-state index in [9.17, 15) is 9.59 Å². The highest BCUT2D eigenvalue weighted by molar-refractivity contribution is 6.04. The van der Waals surface area contributed by atoms with Gasteiger partial charge in [-0.3, -0.25) is 19.7 Å². The van der Waals surface area contributed by atoms with Crippen molar-refractivity contribution in [1.82, 2.24) is 20.2 Å². The molecule has 8 heteroatoms. The topological polar surface area (TPSA) is 101 Å². The molecule has 160 valence electrons. The maximum absolute atomic E-state index is 13.4. The van der Waals surface area contributed by atoms with E-state index in [4.69, 9.17) is 4.74 Å². The van der Waals surface area contributed by atoms with Crippen LogP contribution >= 0.6 is 0 Å². The van der Waals surface area contributed by atoms with Crippen LogP contribution < -0.4 is 15.7 Å². The molecule has 0 bridgehead atoms. The second-order valence-corrected chi connectivity index (χ2v) is 6.95. The summed E-state index contributed by atoms with van der Waals surface area (Å²) in [5.74, 6) is 0.275. The van der Waals surface area contributed by atoms with Crippen molar-refractivity contribution in [2.24, 2.45) is 5.10 Å². The van der Waals surface area contributed by atoms with E-state index in [-0.39, 0.29) is 5.56 Å². The number of aromatic amines is 1. The van der Waals surface area contributed by atoms with Gasteiger partial charge >= 0.3 is 0 Å². The van der Waals surface area contributed by atoms with Crippen LogP contribution in [-0.2, 0) is 0 Å². The number of H-pyrrole nitrogens is 1. The van der Waals surface area contributed by atoms with Crippen molar-refractivity contribution in [2.75, 3.05) is 7.11 Å². The standard InChI is InChI=1S/C24H21N5O3/c1-16(26-27-23(30)18-9-6-14-25-15-18)21-22(17-7-4-3-5-8-17)28-29(24(21)31)19-10-12-20(32-2)13-11-19/h3-15,28H,1-2H3,(H,27,30)/b26-16+. The number of benzene rings is 2. The molecule has 0 spiro atoms. The maximum atomic E-state index is 13.4. The summed E-state index contributed by atoms with van der Waals surface area (Å²) in [4.78, 5) is 29.6. The number of ether oxygens (including phenoxy) is 1. The second-order valence-electron chi connectivity index (χ2n) is 6.95. The van der Waals surface area contributed by atoms with Crippen LogP contribution in [0.3, 0.4) is 0 Å². The zero-order valence-electron chi connectivity index (χ0n) is 17.6. The van der Waals surface area contributed by atoms with Crippen molar-refractivity contribution < 1.29 is 9.53 Å². The first kappa shape index (κ1) is 20.8. The van der Waals surface area contributed by atoms with Crippen molar-refractivity contribution in [2.45, 2.75) is 6.92 Å². The molecule has 32 heavy (non-hydrogen) atoms. The van der Waals surface area contributed by atoms with Gasteiger partial charge in [-0.1, -0.05) is 30.3 Å². The van der Waals surface area contributed by atoms with Gasteiger partial charge in [0.2, 0.25) is 0 Å². The predicted molar refractivity (Wildman–Crippen MR) is 122 cm³/mol. The Hall–Kier alpha value is -4.46. The van der Waals surface area contributed by atoms with Crippen LogP contribution in [0.1, 0.15) is 22.8 Å². The summed E-state index contributed by atoms with van der Waals surface area (Å²) in [5, 5.41) is 7.37. The molecule has 0 saturated carbocycles. The van der Waals surface area contributed by atoms with Gasteiger partial charge in [-0.05, 0) is 43.3 Å². The van der Waals surface area contributed by atoms with Gasteiger partial charge in [0.25, 0.3) is 11.5 Å². The molecule has 2 aromatic heterocycles. The van der Waals surface area contributed by atoms with Gasteiger partial charge < -0.3 is 4.74 Å². The molecule has 2 N–H and O–H groups in total. The number of methoxy groups -OCH3 is 1. The number of aromatic nitrogens is 3. The third kappa shape index (κ3) is 4.20. The molecule has 0 aliphatic rings. The Morgan fingerprint density at radius 1 is 1.06 bits per heavy atom. The zero-order valence-corrected chi connectivity index (χ0v) is 17.6. The SMILES string of the molecule is COc1ccc(-n2[nH]c(-c3ccccc3)c(/C(C)=N/NC(=O)c3cccnc3)c2=O)cc1. The molecule has 4 aromatic rings. The van der Waals surface area contributed by atoms with Crippen molar-refractivity contribution in [1.29, 1.82) is 0 Å². The summed E-state index contributed by atoms with van der Waals surface area (Å²) in [5.41, 5.74) is 5.38. The molecule has 8 nitrogen and oxygen atoms in total. The zero-order chi connectivity index (χ0) is 22.5. The van der Waals surface area contributed by atoms with Crippen LogP contribution in [0, 0.1) is 0 Å². The van der Waals surface area contributed by atoms with E-state index in [0.29, 0.717) is 34.0 Å². The number of hydrogen-bond acceptors (Lipinski definition) is 5. The van der Waals surface area contributed by atoms with E-state index >= 15 is 0 Å². The Balaban J connectivity index is 1.76. The number of carbonyl (C=O) groups is 1. The first-order valence-electron chi connectivity index (χ1n) is 9.88. The predicted octanol–water partition coefficient (Wildman–Crippen LogP) is 3.39. The molecule has 2 aromatic carbocycles. The van der Waals surface area contributed by atoms with E-state index < -0.39 is 5.91 Å². The number of hydrazone groups is 1.